The Morgan fingerprint density at radius 3 is 2.48 bits per heavy atom. The number of amidine groups is 1. The fourth-order valence-electron chi connectivity index (χ4n) is 1.81. The summed E-state index contributed by atoms with van der Waals surface area (Å²) in [7, 11) is 0. The van der Waals surface area contributed by atoms with Crippen molar-refractivity contribution < 1.29 is 4.79 Å². The zero-order valence-electron chi connectivity index (χ0n) is 10.9. The smallest absolute Gasteiger partial charge is 0.264 e. The molecule has 3 nitrogen and oxygen atoms in total. The van der Waals surface area contributed by atoms with E-state index in [9.17, 15) is 4.79 Å². The van der Waals surface area contributed by atoms with Crippen LogP contribution in [0, 0.1) is 3.57 Å². The zero-order chi connectivity index (χ0) is 14.7. The summed E-state index contributed by atoms with van der Waals surface area (Å²) in [6, 6.07) is 17.6. The minimum atomic E-state index is -0.104. The molecule has 21 heavy (non-hydrogen) atoms. The average Bonchev–Trinajstić information content (AvgIpc) is 2.82. The van der Waals surface area contributed by atoms with Gasteiger partial charge in [-0.15, -0.1) is 0 Å². The molecule has 5 heteroatoms. The normalized spacial score (nSPS) is 18.2. The Labute approximate surface area is 140 Å². The second-order valence-corrected chi connectivity index (χ2v) is 6.65. The summed E-state index contributed by atoms with van der Waals surface area (Å²) >= 11 is 3.61. The fraction of sp³-hybridized carbons (Fsp3) is 0. The topological polar surface area (TPSA) is 41.5 Å². The maximum Gasteiger partial charge on any atom is 0.264 e. The van der Waals surface area contributed by atoms with Crippen molar-refractivity contribution in [1.29, 1.82) is 0 Å². The fourth-order valence-corrected chi connectivity index (χ4v) is 3.02. The van der Waals surface area contributed by atoms with Gasteiger partial charge in [-0.05, 0) is 70.3 Å². The molecule has 1 amide bonds. The van der Waals surface area contributed by atoms with Gasteiger partial charge in [-0.3, -0.25) is 4.79 Å². The number of hydrogen-bond acceptors (Lipinski definition) is 3. The molecule has 1 aliphatic heterocycles. The maximum absolute atomic E-state index is 12.0. The Morgan fingerprint density at radius 2 is 1.76 bits per heavy atom. The third-order valence-corrected chi connectivity index (χ3v) is 4.43. The van der Waals surface area contributed by atoms with Crippen molar-refractivity contribution in [2.45, 2.75) is 0 Å². The predicted molar refractivity (Wildman–Crippen MR) is 96.4 cm³/mol. The first kappa shape index (κ1) is 14.3. The van der Waals surface area contributed by atoms with Crippen LogP contribution in [0.15, 0.2) is 64.5 Å². The number of nitrogens with one attached hydrogen (secondary N) is 1. The van der Waals surface area contributed by atoms with Crippen LogP contribution in [0.4, 0.5) is 5.69 Å². The molecule has 1 heterocycles. The molecule has 0 bridgehead atoms. The number of amides is 1. The van der Waals surface area contributed by atoms with Crippen molar-refractivity contribution in [1.82, 2.24) is 5.32 Å². The molecular formula is C16H11IN2OS. The van der Waals surface area contributed by atoms with Crippen LogP contribution >= 0.6 is 34.4 Å². The second-order valence-electron chi connectivity index (χ2n) is 4.37. The molecule has 2 aromatic rings. The maximum atomic E-state index is 12.0. The molecule has 1 saturated heterocycles. The van der Waals surface area contributed by atoms with Gasteiger partial charge in [-0.2, -0.15) is 0 Å². The zero-order valence-corrected chi connectivity index (χ0v) is 13.9. The Hall–Kier alpha value is -1.60. The van der Waals surface area contributed by atoms with E-state index in [0.717, 1.165) is 14.8 Å². The lowest BCUT2D eigenvalue weighted by Gasteiger charge is -1.96. The summed E-state index contributed by atoms with van der Waals surface area (Å²) in [4.78, 5) is 17.1. The van der Waals surface area contributed by atoms with Crippen LogP contribution in [-0.4, -0.2) is 11.1 Å². The molecule has 1 fully saturated rings. The lowest BCUT2D eigenvalue weighted by Crippen LogP contribution is -2.19. The molecule has 0 aliphatic carbocycles. The van der Waals surface area contributed by atoms with Crippen LogP contribution < -0.4 is 5.32 Å². The molecule has 104 valence electrons. The molecule has 0 spiro atoms. The van der Waals surface area contributed by atoms with E-state index in [1.807, 2.05) is 60.7 Å². The number of carbonyl (C=O) groups is 1. The lowest BCUT2D eigenvalue weighted by atomic mass is 10.2. The first-order valence-electron chi connectivity index (χ1n) is 6.31. The molecule has 1 N–H and O–H groups in total. The number of aliphatic imine (C=N–C) groups is 1. The molecule has 0 saturated carbocycles. The number of rotatable bonds is 2. The van der Waals surface area contributed by atoms with E-state index in [-0.39, 0.29) is 5.91 Å². The predicted octanol–water partition coefficient (Wildman–Crippen LogP) is 4.18. The molecular weight excluding hydrogens is 395 g/mol. The van der Waals surface area contributed by atoms with Crippen LogP contribution in [0.25, 0.3) is 6.08 Å². The van der Waals surface area contributed by atoms with Crippen LogP contribution in [-0.2, 0) is 4.79 Å². The molecule has 3 rings (SSSR count). The van der Waals surface area contributed by atoms with Crippen molar-refractivity contribution in [3.63, 3.8) is 0 Å². The number of benzene rings is 2. The molecule has 0 aromatic heterocycles. The van der Waals surface area contributed by atoms with Crippen molar-refractivity contribution in [3.05, 3.63) is 68.6 Å². The number of carbonyl (C=O) groups excluding carboxylic acids is 1. The van der Waals surface area contributed by atoms with Gasteiger partial charge in [-0.1, -0.05) is 30.3 Å². The van der Waals surface area contributed by atoms with E-state index in [1.165, 1.54) is 11.8 Å². The first-order valence-corrected chi connectivity index (χ1v) is 8.20. The van der Waals surface area contributed by atoms with Crippen molar-refractivity contribution in [2.75, 3.05) is 0 Å². The van der Waals surface area contributed by atoms with Crippen LogP contribution in [0.1, 0.15) is 5.56 Å². The molecule has 2 aromatic carbocycles. The standard InChI is InChI=1S/C16H11IN2OS/c17-12-6-8-13(9-7-12)18-16-19-15(20)14(21-16)10-11-4-2-1-3-5-11/h1-10H,(H,18,19,20)/b14-10+. The minimum absolute atomic E-state index is 0.104. The highest BCUT2D eigenvalue weighted by atomic mass is 127. The Bertz CT molecular complexity index is 724. The minimum Gasteiger partial charge on any atom is -0.300 e. The number of hydrogen-bond donors (Lipinski definition) is 1. The second kappa shape index (κ2) is 6.44. The number of nitrogens with zero attached hydrogens (tertiary/aromatic N) is 1. The van der Waals surface area contributed by atoms with Gasteiger partial charge in [0.1, 0.15) is 0 Å². The van der Waals surface area contributed by atoms with Gasteiger partial charge in [0.15, 0.2) is 5.17 Å². The van der Waals surface area contributed by atoms with E-state index in [4.69, 9.17) is 0 Å². The van der Waals surface area contributed by atoms with Gasteiger partial charge in [0.2, 0.25) is 0 Å². The summed E-state index contributed by atoms with van der Waals surface area (Å²) in [6.07, 6.45) is 1.87. The summed E-state index contributed by atoms with van der Waals surface area (Å²) in [5, 5.41) is 3.41. The van der Waals surface area contributed by atoms with Crippen LogP contribution in [0.5, 0.6) is 0 Å². The highest BCUT2D eigenvalue weighted by Gasteiger charge is 2.23. The summed E-state index contributed by atoms with van der Waals surface area (Å²) in [6.45, 7) is 0. The Balaban J connectivity index is 1.81. The summed E-state index contributed by atoms with van der Waals surface area (Å²) in [5.74, 6) is -0.104. The molecule has 0 unspecified atom stereocenters. The van der Waals surface area contributed by atoms with Gasteiger partial charge < -0.3 is 5.32 Å². The third kappa shape index (κ3) is 3.74. The largest absolute Gasteiger partial charge is 0.300 e. The van der Waals surface area contributed by atoms with E-state index >= 15 is 0 Å². The van der Waals surface area contributed by atoms with Gasteiger partial charge >= 0.3 is 0 Å². The SMILES string of the molecule is O=C1NC(=Nc2ccc(I)cc2)S/C1=C/c1ccccc1. The van der Waals surface area contributed by atoms with Gasteiger partial charge in [0.05, 0.1) is 10.6 Å². The van der Waals surface area contributed by atoms with Crippen molar-refractivity contribution in [2.24, 2.45) is 4.99 Å². The van der Waals surface area contributed by atoms with E-state index in [0.29, 0.717) is 10.1 Å². The summed E-state index contributed by atoms with van der Waals surface area (Å²) in [5.41, 5.74) is 1.84. The van der Waals surface area contributed by atoms with Crippen molar-refractivity contribution >= 4 is 57.2 Å². The van der Waals surface area contributed by atoms with Crippen LogP contribution in [0.3, 0.4) is 0 Å². The van der Waals surface area contributed by atoms with E-state index in [1.54, 1.807) is 0 Å². The summed E-state index contributed by atoms with van der Waals surface area (Å²) < 4.78 is 1.16. The molecule has 0 atom stereocenters. The van der Waals surface area contributed by atoms with Crippen LogP contribution in [0.2, 0.25) is 0 Å². The third-order valence-electron chi connectivity index (χ3n) is 2.81. The number of thioether (sulfide) groups is 1. The molecule has 1 aliphatic rings. The lowest BCUT2D eigenvalue weighted by molar-refractivity contribution is -0.115. The quantitative estimate of drug-likeness (QED) is 0.601. The Kier molecular flexibility index (Phi) is 4.40. The first-order chi connectivity index (χ1) is 10.2. The number of halogens is 1. The van der Waals surface area contributed by atoms with E-state index < -0.39 is 0 Å². The van der Waals surface area contributed by atoms with Crippen molar-refractivity contribution in [3.8, 4) is 0 Å². The van der Waals surface area contributed by atoms with Gasteiger partial charge in [0.25, 0.3) is 5.91 Å². The highest BCUT2D eigenvalue weighted by Crippen LogP contribution is 2.28. The molecule has 0 radical (unpaired) electrons. The van der Waals surface area contributed by atoms with Gasteiger partial charge in [0, 0.05) is 3.57 Å². The Morgan fingerprint density at radius 1 is 1.05 bits per heavy atom. The highest BCUT2D eigenvalue weighted by molar-refractivity contribution is 14.1. The average molecular weight is 406 g/mol. The monoisotopic (exact) mass is 406 g/mol. The van der Waals surface area contributed by atoms with Gasteiger partial charge in [-0.25, -0.2) is 4.99 Å². The van der Waals surface area contributed by atoms with E-state index in [2.05, 4.69) is 32.9 Å².